The lowest BCUT2D eigenvalue weighted by Crippen LogP contribution is -2.35. The quantitative estimate of drug-likeness (QED) is 0.844. The summed E-state index contributed by atoms with van der Waals surface area (Å²) >= 11 is 0. The van der Waals surface area contributed by atoms with Crippen LogP contribution in [0.4, 0.5) is 20.2 Å². The maximum absolute atomic E-state index is 13.4. The molecule has 0 unspecified atom stereocenters. The SMILES string of the molecule is COCC1CCN(c2cc(F)cc(F)c2N)CC1. The summed E-state index contributed by atoms with van der Waals surface area (Å²) < 4.78 is 31.7. The lowest BCUT2D eigenvalue weighted by atomic mass is 9.97. The van der Waals surface area contributed by atoms with Gasteiger partial charge in [-0.1, -0.05) is 0 Å². The van der Waals surface area contributed by atoms with E-state index in [2.05, 4.69) is 0 Å². The van der Waals surface area contributed by atoms with Crippen molar-refractivity contribution < 1.29 is 13.5 Å². The molecule has 1 aromatic carbocycles. The summed E-state index contributed by atoms with van der Waals surface area (Å²) in [5.41, 5.74) is 6.16. The van der Waals surface area contributed by atoms with Crippen molar-refractivity contribution in [2.75, 3.05) is 37.4 Å². The largest absolute Gasteiger partial charge is 0.395 e. The van der Waals surface area contributed by atoms with Crippen molar-refractivity contribution in [3.05, 3.63) is 23.8 Å². The van der Waals surface area contributed by atoms with Crippen molar-refractivity contribution >= 4 is 11.4 Å². The predicted octanol–water partition coefficient (Wildman–Crippen LogP) is 2.41. The molecule has 1 aliphatic heterocycles. The molecule has 1 aliphatic rings. The van der Waals surface area contributed by atoms with Crippen molar-refractivity contribution in [2.45, 2.75) is 12.8 Å². The summed E-state index contributed by atoms with van der Waals surface area (Å²) in [5, 5.41) is 0. The Kier molecular flexibility index (Phi) is 4.01. The smallest absolute Gasteiger partial charge is 0.151 e. The van der Waals surface area contributed by atoms with Gasteiger partial charge in [0, 0.05) is 32.9 Å². The Labute approximate surface area is 106 Å². The average molecular weight is 256 g/mol. The maximum atomic E-state index is 13.4. The monoisotopic (exact) mass is 256 g/mol. The first kappa shape index (κ1) is 13.1. The molecule has 3 nitrogen and oxygen atoms in total. The van der Waals surface area contributed by atoms with E-state index >= 15 is 0 Å². The van der Waals surface area contributed by atoms with Crippen LogP contribution < -0.4 is 10.6 Å². The number of ether oxygens (including phenoxy) is 1. The Hall–Kier alpha value is -1.36. The average Bonchev–Trinajstić information content (AvgIpc) is 2.35. The molecule has 18 heavy (non-hydrogen) atoms. The molecule has 0 saturated carbocycles. The van der Waals surface area contributed by atoms with E-state index in [-0.39, 0.29) is 5.69 Å². The number of hydrogen-bond donors (Lipinski definition) is 1. The molecule has 0 bridgehead atoms. The molecule has 0 atom stereocenters. The number of hydrogen-bond acceptors (Lipinski definition) is 3. The van der Waals surface area contributed by atoms with E-state index in [1.54, 1.807) is 7.11 Å². The second kappa shape index (κ2) is 5.52. The van der Waals surface area contributed by atoms with Crippen LogP contribution in [0.1, 0.15) is 12.8 Å². The van der Waals surface area contributed by atoms with Gasteiger partial charge in [-0.05, 0) is 24.8 Å². The van der Waals surface area contributed by atoms with Crippen molar-refractivity contribution in [1.29, 1.82) is 0 Å². The van der Waals surface area contributed by atoms with Gasteiger partial charge >= 0.3 is 0 Å². The van der Waals surface area contributed by atoms with Crippen LogP contribution in [-0.4, -0.2) is 26.8 Å². The molecule has 0 aliphatic carbocycles. The summed E-state index contributed by atoms with van der Waals surface area (Å²) in [7, 11) is 1.69. The third kappa shape index (κ3) is 2.72. The van der Waals surface area contributed by atoms with E-state index in [1.807, 2.05) is 4.90 Å². The van der Waals surface area contributed by atoms with E-state index in [9.17, 15) is 8.78 Å². The van der Waals surface area contributed by atoms with E-state index < -0.39 is 11.6 Å². The van der Waals surface area contributed by atoms with Crippen LogP contribution in [0.15, 0.2) is 12.1 Å². The van der Waals surface area contributed by atoms with Crippen LogP contribution in [0.5, 0.6) is 0 Å². The van der Waals surface area contributed by atoms with Crippen LogP contribution in [-0.2, 0) is 4.74 Å². The van der Waals surface area contributed by atoms with Crippen LogP contribution in [0, 0.1) is 17.6 Å². The minimum atomic E-state index is -0.691. The van der Waals surface area contributed by atoms with Gasteiger partial charge in [-0.15, -0.1) is 0 Å². The van der Waals surface area contributed by atoms with Crippen molar-refractivity contribution in [2.24, 2.45) is 5.92 Å². The first-order chi connectivity index (χ1) is 8.61. The Morgan fingerprint density at radius 2 is 2.00 bits per heavy atom. The maximum Gasteiger partial charge on any atom is 0.151 e. The van der Waals surface area contributed by atoms with Gasteiger partial charge in [-0.3, -0.25) is 0 Å². The summed E-state index contributed by atoms with van der Waals surface area (Å²) in [6, 6.07) is 2.12. The Morgan fingerprint density at radius 3 is 2.61 bits per heavy atom. The number of methoxy groups -OCH3 is 1. The number of nitrogen functional groups attached to an aromatic ring is 1. The number of nitrogens with two attached hydrogens (primary N) is 1. The minimum Gasteiger partial charge on any atom is -0.395 e. The highest BCUT2D eigenvalue weighted by Gasteiger charge is 2.22. The Morgan fingerprint density at radius 1 is 1.33 bits per heavy atom. The van der Waals surface area contributed by atoms with Gasteiger partial charge in [-0.25, -0.2) is 8.78 Å². The second-order valence-electron chi connectivity index (χ2n) is 4.71. The number of nitrogens with zero attached hydrogens (tertiary/aromatic N) is 1. The molecule has 0 spiro atoms. The standard InChI is InChI=1S/C13H18F2N2O/c1-18-8-9-2-4-17(5-3-9)12-7-10(14)6-11(15)13(12)16/h6-7,9H,2-5,8,16H2,1H3. The van der Waals surface area contributed by atoms with Crippen LogP contribution >= 0.6 is 0 Å². The van der Waals surface area contributed by atoms with Gasteiger partial charge in [0.05, 0.1) is 11.4 Å². The fourth-order valence-corrected chi connectivity index (χ4v) is 2.41. The summed E-state index contributed by atoms with van der Waals surface area (Å²) in [6.07, 6.45) is 1.90. The first-order valence-corrected chi connectivity index (χ1v) is 6.10. The molecule has 5 heteroatoms. The van der Waals surface area contributed by atoms with Gasteiger partial charge in [0.25, 0.3) is 0 Å². The van der Waals surface area contributed by atoms with E-state index in [0.29, 0.717) is 11.6 Å². The van der Waals surface area contributed by atoms with E-state index in [4.69, 9.17) is 10.5 Å². The Balaban J connectivity index is 2.10. The van der Waals surface area contributed by atoms with Crippen LogP contribution in [0.25, 0.3) is 0 Å². The van der Waals surface area contributed by atoms with Crippen LogP contribution in [0.3, 0.4) is 0 Å². The number of piperidine rings is 1. The third-order valence-electron chi connectivity index (χ3n) is 3.43. The molecule has 1 aromatic rings. The third-order valence-corrected chi connectivity index (χ3v) is 3.43. The van der Waals surface area contributed by atoms with E-state index in [0.717, 1.165) is 38.6 Å². The highest BCUT2D eigenvalue weighted by atomic mass is 19.1. The lowest BCUT2D eigenvalue weighted by molar-refractivity contribution is 0.139. The first-order valence-electron chi connectivity index (χ1n) is 6.10. The van der Waals surface area contributed by atoms with Gasteiger partial charge in [0.2, 0.25) is 0 Å². The molecule has 1 saturated heterocycles. The fourth-order valence-electron chi connectivity index (χ4n) is 2.41. The Bertz CT molecular complexity index is 418. The van der Waals surface area contributed by atoms with Crippen molar-refractivity contribution in [1.82, 2.24) is 0 Å². The molecule has 0 amide bonds. The lowest BCUT2D eigenvalue weighted by Gasteiger charge is -2.34. The summed E-state index contributed by atoms with van der Waals surface area (Å²) in [5.74, 6) is -0.759. The van der Waals surface area contributed by atoms with Crippen LogP contribution in [0.2, 0.25) is 0 Å². The van der Waals surface area contributed by atoms with Gasteiger partial charge < -0.3 is 15.4 Å². The van der Waals surface area contributed by atoms with Gasteiger partial charge in [-0.2, -0.15) is 0 Å². The fraction of sp³-hybridized carbons (Fsp3) is 0.538. The molecule has 1 heterocycles. The van der Waals surface area contributed by atoms with E-state index in [1.165, 1.54) is 6.07 Å². The van der Waals surface area contributed by atoms with Gasteiger partial charge in [0.1, 0.15) is 5.82 Å². The zero-order valence-corrected chi connectivity index (χ0v) is 10.5. The number of anilines is 2. The minimum absolute atomic E-state index is 0.0293. The normalized spacial score (nSPS) is 17.2. The molecule has 2 rings (SSSR count). The topological polar surface area (TPSA) is 38.5 Å². The number of halogens is 2. The molecule has 100 valence electrons. The highest BCUT2D eigenvalue weighted by molar-refractivity contribution is 5.68. The highest BCUT2D eigenvalue weighted by Crippen LogP contribution is 2.30. The summed E-state index contributed by atoms with van der Waals surface area (Å²) in [6.45, 7) is 2.24. The molecular weight excluding hydrogens is 238 g/mol. The predicted molar refractivity (Wildman–Crippen MR) is 67.6 cm³/mol. The second-order valence-corrected chi connectivity index (χ2v) is 4.71. The molecule has 1 fully saturated rings. The van der Waals surface area contributed by atoms with Crippen molar-refractivity contribution in [3.63, 3.8) is 0 Å². The number of benzene rings is 1. The number of rotatable bonds is 3. The van der Waals surface area contributed by atoms with Gasteiger partial charge in [0.15, 0.2) is 5.82 Å². The van der Waals surface area contributed by atoms with Crippen molar-refractivity contribution in [3.8, 4) is 0 Å². The molecule has 2 N–H and O–H groups in total. The summed E-state index contributed by atoms with van der Waals surface area (Å²) in [4.78, 5) is 1.94. The molecular formula is C13H18F2N2O. The zero-order valence-electron chi connectivity index (χ0n) is 10.5. The zero-order chi connectivity index (χ0) is 13.1. The molecule has 0 radical (unpaired) electrons. The molecule has 0 aromatic heterocycles.